The number of thiazole rings is 1. The van der Waals surface area contributed by atoms with Gasteiger partial charge >= 0.3 is 5.69 Å². The molecule has 0 saturated carbocycles. The van der Waals surface area contributed by atoms with Crippen molar-refractivity contribution in [3.63, 3.8) is 0 Å². The van der Waals surface area contributed by atoms with E-state index in [0.29, 0.717) is 17.7 Å². The van der Waals surface area contributed by atoms with E-state index in [2.05, 4.69) is 21.0 Å². The number of hydrogen-bond donors (Lipinski definition) is 1. The van der Waals surface area contributed by atoms with Crippen LogP contribution in [0.25, 0.3) is 21.4 Å². The van der Waals surface area contributed by atoms with Gasteiger partial charge in [-0.2, -0.15) is 0 Å². The first-order chi connectivity index (χ1) is 12.6. The number of rotatable bonds is 5. The van der Waals surface area contributed by atoms with Gasteiger partial charge in [-0.25, -0.2) is 14.8 Å². The molecule has 0 unspecified atom stereocenters. The van der Waals surface area contributed by atoms with Crippen molar-refractivity contribution in [2.24, 2.45) is 7.05 Å². The van der Waals surface area contributed by atoms with E-state index in [1.54, 1.807) is 30.1 Å². The lowest BCUT2D eigenvalue weighted by molar-refractivity contribution is 0.707. The largest absolute Gasteiger partial charge is 0.329 e. The maximum Gasteiger partial charge on any atom is 0.329 e. The standard InChI is InChI=1S/C16H15N5O2S3/c1-20-12-11(13(22)19-14(20)23)21(15(18-12)24-2)7-8-25-16-17-9-5-3-4-6-10(9)26-16/h3-6H,7-8H2,1-2H3,(H,19,22,23). The lowest BCUT2D eigenvalue weighted by Crippen LogP contribution is -2.29. The summed E-state index contributed by atoms with van der Waals surface area (Å²) in [5, 5.41) is 0.719. The van der Waals surface area contributed by atoms with Crippen LogP contribution in [0.4, 0.5) is 0 Å². The number of aromatic amines is 1. The van der Waals surface area contributed by atoms with Crippen molar-refractivity contribution in [1.29, 1.82) is 0 Å². The van der Waals surface area contributed by atoms with Gasteiger partial charge in [0.25, 0.3) is 5.56 Å². The maximum absolute atomic E-state index is 12.3. The number of hydrogen-bond acceptors (Lipinski definition) is 7. The number of nitrogens with zero attached hydrogens (tertiary/aromatic N) is 4. The summed E-state index contributed by atoms with van der Waals surface area (Å²) in [6.45, 7) is 0.606. The zero-order chi connectivity index (χ0) is 18.3. The van der Waals surface area contributed by atoms with Crippen LogP contribution in [0.2, 0.25) is 0 Å². The fraction of sp³-hybridized carbons (Fsp3) is 0.250. The van der Waals surface area contributed by atoms with Gasteiger partial charge in [0.2, 0.25) is 0 Å². The van der Waals surface area contributed by atoms with E-state index in [0.717, 1.165) is 20.8 Å². The van der Waals surface area contributed by atoms with Gasteiger partial charge in [-0.15, -0.1) is 11.3 Å². The van der Waals surface area contributed by atoms with Gasteiger partial charge < -0.3 is 4.57 Å². The predicted octanol–water partition coefficient (Wildman–Crippen LogP) is 2.55. The molecule has 0 atom stereocenters. The van der Waals surface area contributed by atoms with Crippen LogP contribution >= 0.6 is 34.9 Å². The van der Waals surface area contributed by atoms with E-state index in [-0.39, 0.29) is 0 Å². The lowest BCUT2D eigenvalue weighted by Gasteiger charge is -2.06. The van der Waals surface area contributed by atoms with Crippen LogP contribution in [0.3, 0.4) is 0 Å². The van der Waals surface area contributed by atoms with Crippen LogP contribution in [-0.2, 0) is 13.6 Å². The Morgan fingerprint density at radius 1 is 1.23 bits per heavy atom. The monoisotopic (exact) mass is 405 g/mol. The number of nitrogens with one attached hydrogen (secondary N) is 1. The smallest absolute Gasteiger partial charge is 0.312 e. The Labute approximate surface area is 160 Å². The van der Waals surface area contributed by atoms with Crippen molar-refractivity contribution in [2.75, 3.05) is 12.0 Å². The van der Waals surface area contributed by atoms with Crippen LogP contribution in [0, 0.1) is 0 Å². The molecule has 3 heterocycles. The van der Waals surface area contributed by atoms with Crippen molar-refractivity contribution in [3.05, 3.63) is 45.1 Å². The third-order valence-electron chi connectivity index (χ3n) is 3.97. The van der Waals surface area contributed by atoms with Gasteiger partial charge in [-0.1, -0.05) is 35.7 Å². The molecule has 26 heavy (non-hydrogen) atoms. The molecule has 7 nitrogen and oxygen atoms in total. The normalized spacial score (nSPS) is 11.6. The van der Waals surface area contributed by atoms with Crippen LogP contribution in [0.15, 0.2) is 43.4 Å². The molecule has 4 rings (SSSR count). The first kappa shape index (κ1) is 17.4. The number of imidazole rings is 1. The fourth-order valence-corrected chi connectivity index (χ4v) is 5.36. The average Bonchev–Trinajstić information content (AvgIpc) is 3.21. The topological polar surface area (TPSA) is 85.6 Å². The molecule has 0 fully saturated rings. The molecule has 134 valence electrons. The third-order valence-corrected chi connectivity index (χ3v) is 6.81. The summed E-state index contributed by atoms with van der Waals surface area (Å²) >= 11 is 4.77. The second kappa shape index (κ2) is 6.93. The molecule has 10 heteroatoms. The van der Waals surface area contributed by atoms with Gasteiger partial charge in [0, 0.05) is 19.3 Å². The van der Waals surface area contributed by atoms with E-state index in [1.165, 1.54) is 21.0 Å². The minimum absolute atomic E-state index is 0.402. The summed E-state index contributed by atoms with van der Waals surface area (Å²) < 4.78 is 5.41. The Morgan fingerprint density at radius 3 is 2.81 bits per heavy atom. The third kappa shape index (κ3) is 2.97. The molecule has 4 aromatic rings. The molecule has 1 aromatic carbocycles. The lowest BCUT2D eigenvalue weighted by atomic mass is 10.3. The number of aryl methyl sites for hydroxylation is 2. The molecule has 3 aromatic heterocycles. The highest BCUT2D eigenvalue weighted by Gasteiger charge is 2.16. The fourth-order valence-electron chi connectivity index (χ4n) is 2.71. The Kier molecular flexibility index (Phi) is 4.63. The zero-order valence-corrected chi connectivity index (χ0v) is 16.5. The average molecular weight is 406 g/mol. The van der Waals surface area contributed by atoms with Gasteiger partial charge in [-0.3, -0.25) is 14.3 Å². The number of H-pyrrole nitrogens is 1. The predicted molar refractivity (Wildman–Crippen MR) is 108 cm³/mol. The minimum atomic E-state index is -0.455. The highest BCUT2D eigenvalue weighted by molar-refractivity contribution is 8.01. The second-order valence-electron chi connectivity index (χ2n) is 5.54. The molecule has 0 aliphatic carbocycles. The molecule has 0 aliphatic heterocycles. The van der Waals surface area contributed by atoms with E-state index in [4.69, 9.17) is 0 Å². The number of aromatic nitrogens is 5. The highest BCUT2D eigenvalue weighted by atomic mass is 32.2. The molecule has 1 N–H and O–H groups in total. The maximum atomic E-state index is 12.3. The number of para-hydroxylation sites is 1. The molecule has 0 aliphatic rings. The Morgan fingerprint density at radius 2 is 2.04 bits per heavy atom. The van der Waals surface area contributed by atoms with E-state index in [9.17, 15) is 9.59 Å². The first-order valence-electron chi connectivity index (χ1n) is 7.80. The van der Waals surface area contributed by atoms with E-state index < -0.39 is 11.2 Å². The summed E-state index contributed by atoms with van der Waals surface area (Å²) in [4.78, 5) is 35.5. The van der Waals surface area contributed by atoms with Crippen molar-refractivity contribution < 1.29 is 0 Å². The van der Waals surface area contributed by atoms with Crippen LogP contribution in [0.5, 0.6) is 0 Å². The SMILES string of the molecule is CSc1nc2c(c(=O)[nH]c(=O)n2C)n1CCSc1nc2ccccc2s1. The van der Waals surface area contributed by atoms with Gasteiger partial charge in [-0.05, 0) is 18.4 Å². The Bertz CT molecular complexity index is 1190. The van der Waals surface area contributed by atoms with E-state index >= 15 is 0 Å². The molecule has 0 spiro atoms. The summed E-state index contributed by atoms with van der Waals surface area (Å²) in [7, 11) is 1.61. The Hall–Kier alpha value is -2.04. The summed E-state index contributed by atoms with van der Waals surface area (Å²) in [5.74, 6) is 0.751. The number of benzene rings is 1. The zero-order valence-electron chi connectivity index (χ0n) is 14.1. The van der Waals surface area contributed by atoms with Gasteiger partial charge in [0.05, 0.1) is 10.2 Å². The summed E-state index contributed by atoms with van der Waals surface area (Å²) in [6.07, 6.45) is 1.91. The Balaban J connectivity index is 1.63. The van der Waals surface area contributed by atoms with Crippen LogP contribution < -0.4 is 11.2 Å². The number of fused-ring (bicyclic) bond motifs is 2. The molecule has 0 radical (unpaired) electrons. The summed E-state index contributed by atoms with van der Waals surface area (Å²) in [5.41, 5.74) is 0.989. The molecular weight excluding hydrogens is 390 g/mol. The van der Waals surface area contributed by atoms with Crippen molar-refractivity contribution >= 4 is 56.2 Å². The van der Waals surface area contributed by atoms with Crippen molar-refractivity contribution in [1.82, 2.24) is 24.1 Å². The first-order valence-corrected chi connectivity index (χ1v) is 10.8. The molecule has 0 amide bonds. The van der Waals surface area contributed by atoms with Gasteiger partial charge in [0.15, 0.2) is 20.7 Å². The molecular formula is C16H15N5O2S3. The van der Waals surface area contributed by atoms with Crippen molar-refractivity contribution in [3.8, 4) is 0 Å². The molecule has 0 saturated heterocycles. The van der Waals surface area contributed by atoms with Crippen LogP contribution in [-0.4, -0.2) is 36.1 Å². The molecule has 0 bridgehead atoms. The quantitative estimate of drug-likeness (QED) is 0.514. The van der Waals surface area contributed by atoms with Gasteiger partial charge in [0.1, 0.15) is 0 Å². The van der Waals surface area contributed by atoms with Crippen LogP contribution in [0.1, 0.15) is 0 Å². The second-order valence-corrected chi connectivity index (χ2v) is 8.68. The summed E-state index contributed by atoms with van der Waals surface area (Å²) in [6, 6.07) is 8.06. The highest BCUT2D eigenvalue weighted by Crippen LogP contribution is 2.30. The van der Waals surface area contributed by atoms with E-state index in [1.807, 2.05) is 29.0 Å². The van der Waals surface area contributed by atoms with Crippen molar-refractivity contribution in [2.45, 2.75) is 16.0 Å². The minimum Gasteiger partial charge on any atom is -0.312 e. The number of thioether (sulfide) groups is 2.